The highest BCUT2D eigenvalue weighted by atomic mass is 19.4. The Kier molecular flexibility index (Phi) is 4.46. The van der Waals surface area contributed by atoms with Gasteiger partial charge in [-0.3, -0.25) is 4.79 Å². The molecule has 0 spiro atoms. The summed E-state index contributed by atoms with van der Waals surface area (Å²) in [5, 5.41) is 1.56. The van der Waals surface area contributed by atoms with Crippen molar-refractivity contribution in [2.45, 2.75) is 12.8 Å². The molecule has 0 fully saturated rings. The average Bonchev–Trinajstić information content (AvgIpc) is 2.25. The molecule has 1 aromatic rings. The van der Waals surface area contributed by atoms with Gasteiger partial charge in [-0.2, -0.15) is 22.0 Å². The number of para-hydroxylation sites is 1. The molecule has 0 aliphatic carbocycles. The summed E-state index contributed by atoms with van der Waals surface area (Å²) in [6, 6.07) is 4.79. The quantitative estimate of drug-likeness (QED) is 0.853. The smallest absolute Gasteiger partial charge is 0.405 e. The van der Waals surface area contributed by atoms with E-state index in [0.717, 1.165) is 12.1 Å². The maximum Gasteiger partial charge on any atom is 0.405 e. The fourth-order valence-electron chi connectivity index (χ4n) is 1.13. The van der Waals surface area contributed by atoms with E-state index < -0.39 is 31.0 Å². The Morgan fingerprint density at radius 2 is 1.89 bits per heavy atom. The number of benzene rings is 1. The van der Waals surface area contributed by atoms with E-state index in [2.05, 4.69) is 4.74 Å². The molecule has 3 nitrogen and oxygen atoms in total. The molecule has 1 rings (SSSR count). The van der Waals surface area contributed by atoms with Gasteiger partial charge in [0.2, 0.25) is 0 Å². The highest BCUT2D eigenvalue weighted by molar-refractivity contribution is 5.96. The van der Waals surface area contributed by atoms with Gasteiger partial charge in [0.05, 0.1) is 5.56 Å². The van der Waals surface area contributed by atoms with Crippen molar-refractivity contribution in [3.63, 3.8) is 0 Å². The lowest BCUT2D eigenvalue weighted by Gasteiger charge is -2.11. The van der Waals surface area contributed by atoms with Crippen molar-refractivity contribution < 1.29 is 31.5 Å². The van der Waals surface area contributed by atoms with Crippen LogP contribution in [-0.2, 0) is 0 Å². The number of rotatable bonds is 4. The van der Waals surface area contributed by atoms with Crippen LogP contribution in [0, 0.1) is 0 Å². The summed E-state index contributed by atoms with van der Waals surface area (Å²) in [5.41, 5.74) is -0.387. The topological polar surface area (TPSA) is 38.3 Å². The molecule has 1 N–H and O–H groups in total. The summed E-state index contributed by atoms with van der Waals surface area (Å²) in [6.07, 6.45) is -4.58. The van der Waals surface area contributed by atoms with Gasteiger partial charge in [-0.1, -0.05) is 12.1 Å². The number of nitrogens with one attached hydrogen (secondary N) is 1. The van der Waals surface area contributed by atoms with E-state index in [9.17, 15) is 26.7 Å². The third kappa shape index (κ3) is 4.56. The van der Waals surface area contributed by atoms with Crippen LogP contribution < -0.4 is 10.1 Å². The largest absolute Gasteiger partial charge is 0.434 e. The molecule has 0 unspecified atom stereocenters. The van der Waals surface area contributed by atoms with Gasteiger partial charge in [-0.15, -0.1) is 0 Å². The minimum absolute atomic E-state index is 0.387. The second kappa shape index (κ2) is 5.65. The van der Waals surface area contributed by atoms with Crippen LogP contribution >= 0.6 is 0 Å². The fraction of sp³-hybridized carbons (Fsp3) is 0.300. The maximum atomic E-state index is 12.0. The highest BCUT2D eigenvalue weighted by Crippen LogP contribution is 2.20. The van der Waals surface area contributed by atoms with Gasteiger partial charge in [0.15, 0.2) is 0 Å². The Morgan fingerprint density at radius 3 is 2.44 bits per heavy atom. The van der Waals surface area contributed by atoms with E-state index in [1.54, 1.807) is 5.32 Å². The van der Waals surface area contributed by atoms with Crippen molar-refractivity contribution in [1.29, 1.82) is 0 Å². The van der Waals surface area contributed by atoms with Gasteiger partial charge in [0.25, 0.3) is 5.91 Å². The minimum Gasteiger partial charge on any atom is -0.434 e. The molecular weight excluding hydrogens is 261 g/mol. The van der Waals surface area contributed by atoms with Crippen LogP contribution in [0.25, 0.3) is 0 Å². The van der Waals surface area contributed by atoms with Crippen LogP contribution in [-0.4, -0.2) is 25.2 Å². The summed E-state index contributed by atoms with van der Waals surface area (Å²) in [7, 11) is 0. The normalized spacial score (nSPS) is 11.4. The number of alkyl halides is 5. The SMILES string of the molecule is O=C(NCC(F)(F)F)c1ccccc1OC(F)F. The molecule has 0 aromatic heterocycles. The van der Waals surface area contributed by atoms with E-state index in [0.29, 0.717) is 0 Å². The molecule has 18 heavy (non-hydrogen) atoms. The van der Waals surface area contributed by atoms with Gasteiger partial charge < -0.3 is 10.1 Å². The molecular formula is C10H8F5NO2. The number of hydrogen-bond acceptors (Lipinski definition) is 2. The molecule has 0 bridgehead atoms. The second-order valence-electron chi connectivity index (χ2n) is 3.17. The first kappa shape index (κ1) is 14.2. The lowest BCUT2D eigenvalue weighted by Crippen LogP contribution is -2.34. The first-order chi connectivity index (χ1) is 8.29. The summed E-state index contributed by atoms with van der Waals surface area (Å²) in [5.74, 6) is -1.62. The van der Waals surface area contributed by atoms with E-state index in [4.69, 9.17) is 0 Å². The third-order valence-electron chi connectivity index (χ3n) is 1.80. The third-order valence-corrected chi connectivity index (χ3v) is 1.80. The zero-order valence-electron chi connectivity index (χ0n) is 8.80. The van der Waals surface area contributed by atoms with Crippen molar-refractivity contribution in [2.75, 3.05) is 6.54 Å². The predicted octanol–water partition coefficient (Wildman–Crippen LogP) is 2.58. The average molecular weight is 269 g/mol. The van der Waals surface area contributed by atoms with Gasteiger partial charge in [-0.05, 0) is 12.1 Å². The summed E-state index contributed by atoms with van der Waals surface area (Å²) >= 11 is 0. The Balaban J connectivity index is 2.79. The van der Waals surface area contributed by atoms with Crippen LogP contribution in [0.4, 0.5) is 22.0 Å². The van der Waals surface area contributed by atoms with E-state index in [1.165, 1.54) is 12.1 Å². The minimum atomic E-state index is -4.58. The van der Waals surface area contributed by atoms with Crippen molar-refractivity contribution in [3.8, 4) is 5.75 Å². The Labute approximate surface area is 98.5 Å². The Morgan fingerprint density at radius 1 is 1.28 bits per heavy atom. The van der Waals surface area contributed by atoms with Crippen molar-refractivity contribution in [2.24, 2.45) is 0 Å². The molecule has 1 aromatic carbocycles. The predicted molar refractivity (Wildman–Crippen MR) is 51.5 cm³/mol. The van der Waals surface area contributed by atoms with Gasteiger partial charge in [0, 0.05) is 0 Å². The number of hydrogen-bond donors (Lipinski definition) is 1. The van der Waals surface area contributed by atoms with Gasteiger partial charge in [0.1, 0.15) is 12.3 Å². The number of ether oxygens (including phenoxy) is 1. The summed E-state index contributed by atoms with van der Waals surface area (Å²) in [4.78, 5) is 11.4. The lowest BCUT2D eigenvalue weighted by atomic mass is 10.2. The van der Waals surface area contributed by atoms with Crippen molar-refractivity contribution in [3.05, 3.63) is 29.8 Å². The molecule has 0 aliphatic heterocycles. The van der Waals surface area contributed by atoms with Crippen LogP contribution in [0.2, 0.25) is 0 Å². The van der Waals surface area contributed by atoms with E-state index >= 15 is 0 Å². The van der Waals surface area contributed by atoms with Crippen molar-refractivity contribution >= 4 is 5.91 Å². The Bertz CT molecular complexity index is 419. The van der Waals surface area contributed by atoms with Gasteiger partial charge in [-0.25, -0.2) is 0 Å². The highest BCUT2D eigenvalue weighted by Gasteiger charge is 2.28. The van der Waals surface area contributed by atoms with Crippen LogP contribution in [0.15, 0.2) is 24.3 Å². The zero-order valence-corrected chi connectivity index (χ0v) is 8.80. The molecule has 0 radical (unpaired) electrons. The number of carbonyl (C=O) groups excluding carboxylic acids is 1. The summed E-state index contributed by atoms with van der Waals surface area (Å²) in [6.45, 7) is -4.71. The molecule has 0 atom stereocenters. The van der Waals surface area contributed by atoms with Crippen LogP contribution in [0.1, 0.15) is 10.4 Å². The van der Waals surface area contributed by atoms with Gasteiger partial charge >= 0.3 is 12.8 Å². The maximum absolute atomic E-state index is 12.0. The molecule has 1 amide bonds. The Hall–Kier alpha value is -1.86. The monoisotopic (exact) mass is 269 g/mol. The lowest BCUT2D eigenvalue weighted by molar-refractivity contribution is -0.123. The van der Waals surface area contributed by atoms with Crippen LogP contribution in [0.5, 0.6) is 5.75 Å². The summed E-state index contributed by atoms with van der Waals surface area (Å²) < 4.78 is 63.7. The van der Waals surface area contributed by atoms with Crippen molar-refractivity contribution in [1.82, 2.24) is 5.32 Å². The molecule has 8 heteroatoms. The first-order valence-corrected chi connectivity index (χ1v) is 4.68. The molecule has 0 saturated carbocycles. The van der Waals surface area contributed by atoms with E-state index in [1.807, 2.05) is 0 Å². The molecule has 0 saturated heterocycles. The fourth-order valence-corrected chi connectivity index (χ4v) is 1.13. The molecule has 0 heterocycles. The number of amides is 1. The standard InChI is InChI=1S/C10H8F5NO2/c11-9(12)18-7-4-2-1-3-6(7)8(17)16-5-10(13,14)15/h1-4,9H,5H2,(H,16,17). The zero-order chi connectivity index (χ0) is 13.8. The molecule has 100 valence electrons. The second-order valence-corrected chi connectivity index (χ2v) is 3.17. The molecule has 0 aliphatic rings. The number of carbonyl (C=O) groups is 1. The first-order valence-electron chi connectivity index (χ1n) is 4.68. The van der Waals surface area contributed by atoms with E-state index in [-0.39, 0.29) is 5.56 Å². The number of halogens is 5. The van der Waals surface area contributed by atoms with Crippen LogP contribution in [0.3, 0.4) is 0 Å².